The van der Waals surface area contributed by atoms with Crippen molar-refractivity contribution in [2.75, 3.05) is 36.4 Å². The molecule has 2 aromatic rings. The van der Waals surface area contributed by atoms with Crippen LogP contribution in [-0.2, 0) is 9.59 Å². The molecule has 5 nitrogen and oxygen atoms in total. The maximum atomic E-state index is 13.4. The summed E-state index contributed by atoms with van der Waals surface area (Å²) in [7, 11) is 0. The highest BCUT2D eigenvalue weighted by Gasteiger charge is 2.58. The quantitative estimate of drug-likeness (QED) is 0.803. The maximum absolute atomic E-state index is 13.4. The van der Waals surface area contributed by atoms with E-state index in [1.807, 2.05) is 19.1 Å². The summed E-state index contributed by atoms with van der Waals surface area (Å²) in [6.07, 6.45) is 0.943. The fourth-order valence-corrected chi connectivity index (χ4v) is 3.78. The van der Waals surface area contributed by atoms with Crippen molar-refractivity contribution in [3.05, 3.63) is 59.7 Å². The van der Waals surface area contributed by atoms with Crippen LogP contribution >= 0.6 is 0 Å². The smallest absolute Gasteiger partial charge is 0.240 e. The van der Waals surface area contributed by atoms with Crippen molar-refractivity contribution in [2.24, 2.45) is 5.41 Å². The molecule has 152 valence electrons. The number of halogens is 2. The van der Waals surface area contributed by atoms with Crippen LogP contribution in [0.25, 0.3) is 0 Å². The van der Waals surface area contributed by atoms with Gasteiger partial charge in [-0.2, -0.15) is 0 Å². The molecule has 1 saturated carbocycles. The molecule has 2 amide bonds. The minimum Gasteiger partial charge on any atom is -0.368 e. The number of aryl methyl sites for hydroxylation is 1. The lowest BCUT2D eigenvalue weighted by Crippen LogP contribution is -2.52. The van der Waals surface area contributed by atoms with Crippen molar-refractivity contribution in [3.63, 3.8) is 0 Å². The first-order valence-electron chi connectivity index (χ1n) is 9.76. The lowest BCUT2D eigenvalue weighted by molar-refractivity contribution is -0.142. The summed E-state index contributed by atoms with van der Waals surface area (Å²) in [4.78, 5) is 29.7. The van der Waals surface area contributed by atoms with Crippen molar-refractivity contribution >= 4 is 23.2 Å². The molecule has 1 aliphatic carbocycles. The Kier molecular flexibility index (Phi) is 4.98. The Balaban J connectivity index is 1.39. The van der Waals surface area contributed by atoms with Crippen molar-refractivity contribution in [2.45, 2.75) is 19.8 Å². The highest BCUT2D eigenvalue weighted by Crippen LogP contribution is 2.48. The Morgan fingerprint density at radius 1 is 0.966 bits per heavy atom. The Bertz CT molecular complexity index is 951. The zero-order valence-electron chi connectivity index (χ0n) is 16.3. The molecule has 0 spiro atoms. The van der Waals surface area contributed by atoms with Crippen LogP contribution in [0, 0.1) is 24.0 Å². The molecule has 1 heterocycles. The lowest BCUT2D eigenvalue weighted by atomic mass is 10.0. The van der Waals surface area contributed by atoms with E-state index in [9.17, 15) is 18.4 Å². The molecular weight excluding hydrogens is 376 g/mol. The van der Waals surface area contributed by atoms with Gasteiger partial charge in [0.25, 0.3) is 0 Å². The highest BCUT2D eigenvalue weighted by molar-refractivity contribution is 6.13. The van der Waals surface area contributed by atoms with Crippen LogP contribution < -0.4 is 10.2 Å². The van der Waals surface area contributed by atoms with Crippen LogP contribution in [0.5, 0.6) is 0 Å². The second-order valence-electron chi connectivity index (χ2n) is 7.78. The van der Waals surface area contributed by atoms with E-state index in [0.29, 0.717) is 39.0 Å². The van der Waals surface area contributed by atoms with Crippen molar-refractivity contribution in [3.8, 4) is 0 Å². The first-order valence-corrected chi connectivity index (χ1v) is 9.76. The van der Waals surface area contributed by atoms with Gasteiger partial charge >= 0.3 is 0 Å². The SMILES string of the molecule is Cc1cccc(N2CCN(C(=O)C3(C(=O)Nc4ccc(F)c(F)c4)CC3)CC2)c1. The fourth-order valence-electron chi connectivity index (χ4n) is 3.78. The molecule has 2 aliphatic rings. The number of nitrogens with one attached hydrogen (secondary N) is 1. The molecule has 4 rings (SSSR count). The van der Waals surface area contributed by atoms with E-state index in [-0.39, 0.29) is 11.6 Å². The van der Waals surface area contributed by atoms with Crippen molar-refractivity contribution < 1.29 is 18.4 Å². The summed E-state index contributed by atoms with van der Waals surface area (Å²) in [5, 5.41) is 2.57. The topological polar surface area (TPSA) is 52.7 Å². The van der Waals surface area contributed by atoms with Gasteiger partial charge in [0.1, 0.15) is 5.41 Å². The molecule has 29 heavy (non-hydrogen) atoms. The van der Waals surface area contributed by atoms with E-state index in [0.717, 1.165) is 17.8 Å². The molecule has 0 bridgehead atoms. The van der Waals surface area contributed by atoms with Gasteiger partial charge < -0.3 is 15.1 Å². The first-order chi connectivity index (χ1) is 13.9. The summed E-state index contributed by atoms with van der Waals surface area (Å²) in [5.41, 5.74) is 1.38. The molecular formula is C22H23F2N3O2. The van der Waals surface area contributed by atoms with Gasteiger partial charge in [-0.05, 0) is 49.6 Å². The number of anilines is 2. The summed E-state index contributed by atoms with van der Waals surface area (Å²) < 4.78 is 26.5. The van der Waals surface area contributed by atoms with Crippen LogP contribution in [0.3, 0.4) is 0 Å². The average molecular weight is 399 g/mol. The molecule has 2 fully saturated rings. The Labute approximate surface area is 168 Å². The highest BCUT2D eigenvalue weighted by atomic mass is 19.2. The molecule has 1 aliphatic heterocycles. The zero-order chi connectivity index (χ0) is 20.6. The number of amides is 2. The minimum absolute atomic E-state index is 0.150. The van der Waals surface area contributed by atoms with Gasteiger partial charge in [-0.3, -0.25) is 9.59 Å². The van der Waals surface area contributed by atoms with Gasteiger partial charge in [0.05, 0.1) is 0 Å². The first kappa shape index (κ1) is 19.4. The summed E-state index contributed by atoms with van der Waals surface area (Å²) >= 11 is 0. The fraction of sp³-hybridized carbons (Fsp3) is 0.364. The number of carbonyl (C=O) groups is 2. The molecule has 1 N–H and O–H groups in total. The predicted octanol–water partition coefficient (Wildman–Crippen LogP) is 3.34. The van der Waals surface area contributed by atoms with Crippen LogP contribution in [-0.4, -0.2) is 42.9 Å². The standard InChI is InChI=1S/C22H23F2N3O2/c1-15-3-2-4-17(13-15)26-9-11-27(12-10-26)21(29)22(7-8-22)20(28)25-16-5-6-18(23)19(24)14-16/h2-6,13-14H,7-12H2,1H3,(H,25,28). The average Bonchev–Trinajstić information content (AvgIpc) is 3.52. The van der Waals surface area contributed by atoms with E-state index in [1.165, 1.54) is 11.6 Å². The van der Waals surface area contributed by atoms with E-state index in [2.05, 4.69) is 22.3 Å². The number of piperazine rings is 1. The van der Waals surface area contributed by atoms with Crippen LogP contribution in [0.4, 0.5) is 20.2 Å². The molecule has 1 saturated heterocycles. The molecule has 0 aromatic heterocycles. The lowest BCUT2D eigenvalue weighted by Gasteiger charge is -2.37. The van der Waals surface area contributed by atoms with Gasteiger partial charge in [-0.15, -0.1) is 0 Å². The van der Waals surface area contributed by atoms with Crippen LogP contribution in [0.15, 0.2) is 42.5 Å². The summed E-state index contributed by atoms with van der Waals surface area (Å²) in [6.45, 7) is 4.55. The minimum atomic E-state index is -1.09. The number of hydrogen-bond donors (Lipinski definition) is 1. The zero-order valence-corrected chi connectivity index (χ0v) is 16.3. The Morgan fingerprint density at radius 3 is 2.31 bits per heavy atom. The number of benzene rings is 2. The molecule has 7 heteroatoms. The second kappa shape index (κ2) is 7.46. The Morgan fingerprint density at radius 2 is 1.69 bits per heavy atom. The van der Waals surface area contributed by atoms with E-state index in [1.54, 1.807) is 4.90 Å². The summed E-state index contributed by atoms with van der Waals surface area (Å²) in [5.74, 6) is -2.64. The second-order valence-corrected chi connectivity index (χ2v) is 7.78. The van der Waals surface area contributed by atoms with Crippen LogP contribution in [0.2, 0.25) is 0 Å². The molecule has 2 aromatic carbocycles. The maximum Gasteiger partial charge on any atom is 0.240 e. The van der Waals surface area contributed by atoms with E-state index >= 15 is 0 Å². The number of rotatable bonds is 4. The normalized spacial score (nSPS) is 17.8. The third-order valence-corrected chi connectivity index (χ3v) is 5.71. The van der Waals surface area contributed by atoms with Gasteiger partial charge in [-0.25, -0.2) is 8.78 Å². The van der Waals surface area contributed by atoms with Gasteiger partial charge in [0.15, 0.2) is 11.6 Å². The monoisotopic (exact) mass is 399 g/mol. The van der Waals surface area contributed by atoms with Gasteiger partial charge in [0.2, 0.25) is 11.8 Å². The van der Waals surface area contributed by atoms with Crippen LogP contribution in [0.1, 0.15) is 18.4 Å². The number of nitrogens with zero attached hydrogens (tertiary/aromatic N) is 2. The summed E-state index contributed by atoms with van der Waals surface area (Å²) in [6, 6.07) is 11.4. The molecule has 0 atom stereocenters. The van der Waals surface area contributed by atoms with Gasteiger partial charge in [-0.1, -0.05) is 12.1 Å². The molecule has 0 radical (unpaired) electrons. The number of carbonyl (C=O) groups excluding carboxylic acids is 2. The Hall–Kier alpha value is -2.96. The van der Waals surface area contributed by atoms with E-state index in [4.69, 9.17) is 0 Å². The molecule has 0 unspecified atom stereocenters. The third-order valence-electron chi connectivity index (χ3n) is 5.71. The van der Waals surface area contributed by atoms with Gasteiger partial charge in [0, 0.05) is 43.6 Å². The number of hydrogen-bond acceptors (Lipinski definition) is 3. The van der Waals surface area contributed by atoms with Crippen molar-refractivity contribution in [1.82, 2.24) is 4.90 Å². The largest absolute Gasteiger partial charge is 0.368 e. The van der Waals surface area contributed by atoms with E-state index < -0.39 is 23.0 Å². The third kappa shape index (κ3) is 3.81. The van der Waals surface area contributed by atoms with Crippen molar-refractivity contribution in [1.29, 1.82) is 0 Å². The predicted molar refractivity (Wildman–Crippen MR) is 107 cm³/mol.